The van der Waals surface area contributed by atoms with Crippen LogP contribution in [0.5, 0.6) is 0 Å². The predicted molar refractivity (Wildman–Crippen MR) is 88.7 cm³/mol. The summed E-state index contributed by atoms with van der Waals surface area (Å²) >= 11 is 1.58. The number of thioether (sulfide) groups is 1. The molecular weight excluding hydrogens is 296 g/mol. The van der Waals surface area contributed by atoms with Gasteiger partial charge in [0.15, 0.2) is 0 Å². The minimum absolute atomic E-state index is 0.300. The lowest BCUT2D eigenvalue weighted by molar-refractivity contribution is 0.804. The van der Waals surface area contributed by atoms with Crippen molar-refractivity contribution >= 4 is 23.4 Å². The van der Waals surface area contributed by atoms with Gasteiger partial charge < -0.3 is 5.43 Å². The summed E-state index contributed by atoms with van der Waals surface area (Å²) in [5, 5.41) is 5.15. The van der Waals surface area contributed by atoms with Crippen molar-refractivity contribution < 1.29 is 0 Å². The van der Waals surface area contributed by atoms with E-state index in [1.807, 2.05) is 24.3 Å². The summed E-state index contributed by atoms with van der Waals surface area (Å²) < 4.78 is 1.64. The van der Waals surface area contributed by atoms with E-state index in [9.17, 15) is 0 Å². The zero-order valence-electron chi connectivity index (χ0n) is 12.5. The number of benzene rings is 1. The molecule has 2 heterocycles. The number of hydrogen-bond donors (Lipinski definition) is 2. The fourth-order valence-corrected chi connectivity index (χ4v) is 2.82. The molecule has 0 aliphatic carbocycles. The fraction of sp³-hybridized carbons (Fsp3) is 0.267. The third-order valence-electron chi connectivity index (χ3n) is 3.26. The molecule has 3 aromatic rings. The van der Waals surface area contributed by atoms with Crippen molar-refractivity contribution in [2.45, 2.75) is 30.7 Å². The molecule has 0 spiro atoms. The number of rotatable bonds is 5. The Kier molecular flexibility index (Phi) is 4.26. The molecule has 0 bridgehead atoms. The van der Waals surface area contributed by atoms with Gasteiger partial charge in [0, 0.05) is 11.8 Å². The van der Waals surface area contributed by atoms with Gasteiger partial charge in [0.2, 0.25) is 5.16 Å². The Bertz CT molecular complexity index is 768. The highest BCUT2D eigenvalue weighted by atomic mass is 32.2. The Hall–Kier alpha value is -2.12. The number of fused-ring (bicyclic) bond motifs is 1. The molecule has 0 saturated carbocycles. The molecule has 0 amide bonds. The van der Waals surface area contributed by atoms with E-state index in [0.717, 1.165) is 11.4 Å². The van der Waals surface area contributed by atoms with E-state index >= 15 is 0 Å². The summed E-state index contributed by atoms with van der Waals surface area (Å²) in [6.07, 6.45) is 0. The molecule has 0 aliphatic rings. The number of aromatic nitrogens is 4. The van der Waals surface area contributed by atoms with Gasteiger partial charge in [-0.05, 0) is 11.5 Å². The first-order valence-corrected chi connectivity index (χ1v) is 8.07. The third-order valence-corrected chi connectivity index (χ3v) is 4.17. The smallest absolute Gasteiger partial charge is 0.255 e. The first-order valence-electron chi connectivity index (χ1n) is 7.08. The molecule has 0 unspecified atom stereocenters. The van der Waals surface area contributed by atoms with Crippen LogP contribution in [0.15, 0.2) is 41.6 Å². The highest BCUT2D eigenvalue weighted by molar-refractivity contribution is 7.98. The first kappa shape index (κ1) is 14.8. The van der Waals surface area contributed by atoms with Crippen LogP contribution < -0.4 is 11.3 Å². The Morgan fingerprint density at radius 3 is 2.68 bits per heavy atom. The minimum atomic E-state index is 0.300. The van der Waals surface area contributed by atoms with Crippen molar-refractivity contribution in [1.82, 2.24) is 19.6 Å². The van der Waals surface area contributed by atoms with Crippen molar-refractivity contribution in [3.8, 4) is 0 Å². The van der Waals surface area contributed by atoms with E-state index in [2.05, 4.69) is 46.5 Å². The van der Waals surface area contributed by atoms with Crippen LogP contribution in [0, 0.1) is 0 Å². The maximum absolute atomic E-state index is 5.59. The van der Waals surface area contributed by atoms with Gasteiger partial charge in [-0.15, -0.1) is 5.10 Å². The Morgan fingerprint density at radius 2 is 2.00 bits per heavy atom. The van der Waals surface area contributed by atoms with Gasteiger partial charge in [-0.2, -0.15) is 9.50 Å². The molecule has 0 radical (unpaired) electrons. The van der Waals surface area contributed by atoms with Crippen LogP contribution in [0.25, 0.3) is 5.78 Å². The van der Waals surface area contributed by atoms with Crippen LogP contribution in [0.3, 0.4) is 0 Å². The summed E-state index contributed by atoms with van der Waals surface area (Å²) in [5.74, 6) is 7.96. The van der Waals surface area contributed by atoms with E-state index in [1.54, 1.807) is 16.3 Å². The molecule has 114 valence electrons. The van der Waals surface area contributed by atoms with Crippen molar-refractivity contribution in [3.05, 3.63) is 47.7 Å². The topological polar surface area (TPSA) is 81.1 Å². The number of anilines is 1. The van der Waals surface area contributed by atoms with Gasteiger partial charge in [-0.1, -0.05) is 55.9 Å². The fourth-order valence-electron chi connectivity index (χ4n) is 2.05. The van der Waals surface area contributed by atoms with Crippen molar-refractivity contribution in [2.75, 3.05) is 5.43 Å². The number of hydrogen-bond acceptors (Lipinski definition) is 6. The van der Waals surface area contributed by atoms with Crippen molar-refractivity contribution in [3.63, 3.8) is 0 Å². The molecule has 2 aromatic heterocycles. The number of nitrogen functional groups attached to an aromatic ring is 1. The van der Waals surface area contributed by atoms with Crippen LogP contribution in [0.4, 0.5) is 5.82 Å². The van der Waals surface area contributed by atoms with E-state index in [0.29, 0.717) is 22.7 Å². The largest absolute Gasteiger partial charge is 0.308 e. The first-order chi connectivity index (χ1) is 10.7. The highest BCUT2D eigenvalue weighted by Gasteiger charge is 2.12. The molecule has 3 rings (SSSR count). The van der Waals surface area contributed by atoms with Crippen LogP contribution in [-0.4, -0.2) is 19.6 Å². The zero-order valence-corrected chi connectivity index (χ0v) is 13.3. The van der Waals surface area contributed by atoms with Gasteiger partial charge in [0.1, 0.15) is 5.82 Å². The van der Waals surface area contributed by atoms with E-state index in [1.165, 1.54) is 5.56 Å². The van der Waals surface area contributed by atoms with Gasteiger partial charge in [-0.3, -0.25) is 0 Å². The van der Waals surface area contributed by atoms with Gasteiger partial charge in [0.05, 0.1) is 5.69 Å². The zero-order chi connectivity index (χ0) is 15.5. The average Bonchev–Trinajstić information content (AvgIpc) is 2.95. The van der Waals surface area contributed by atoms with Gasteiger partial charge in [0.25, 0.3) is 5.78 Å². The maximum Gasteiger partial charge on any atom is 0.255 e. The van der Waals surface area contributed by atoms with E-state index in [-0.39, 0.29) is 0 Å². The summed E-state index contributed by atoms with van der Waals surface area (Å²) in [4.78, 5) is 9.03. The summed E-state index contributed by atoms with van der Waals surface area (Å²) in [6.45, 7) is 4.17. The Morgan fingerprint density at radius 1 is 1.23 bits per heavy atom. The summed E-state index contributed by atoms with van der Waals surface area (Å²) in [5.41, 5.74) is 4.84. The highest BCUT2D eigenvalue weighted by Crippen LogP contribution is 2.22. The lowest BCUT2D eigenvalue weighted by Gasteiger charge is -2.07. The van der Waals surface area contributed by atoms with Crippen molar-refractivity contribution in [1.29, 1.82) is 0 Å². The molecule has 1 aromatic carbocycles. The third kappa shape index (κ3) is 3.05. The van der Waals surface area contributed by atoms with Crippen LogP contribution in [0.1, 0.15) is 31.0 Å². The van der Waals surface area contributed by atoms with Crippen LogP contribution in [0.2, 0.25) is 0 Å². The molecule has 0 saturated heterocycles. The molecule has 0 atom stereocenters. The second-order valence-electron chi connectivity index (χ2n) is 5.25. The monoisotopic (exact) mass is 314 g/mol. The molecule has 3 N–H and O–H groups in total. The molecule has 0 fully saturated rings. The molecule has 6 nitrogen and oxygen atoms in total. The van der Waals surface area contributed by atoms with Crippen LogP contribution in [-0.2, 0) is 5.75 Å². The second-order valence-corrected chi connectivity index (χ2v) is 6.19. The predicted octanol–water partition coefficient (Wildman–Crippen LogP) is 2.83. The Balaban J connectivity index is 1.88. The summed E-state index contributed by atoms with van der Waals surface area (Å²) in [7, 11) is 0. The quantitative estimate of drug-likeness (QED) is 0.428. The standard InChI is InChI=1S/C15H18N6S/c1-10(2)12-8-13(19-16)21-14(17-12)18-15(20-21)22-9-11-6-4-3-5-7-11/h3-8,10,19H,9,16H2,1-2H3. The molecule has 7 heteroatoms. The lowest BCUT2D eigenvalue weighted by atomic mass is 10.1. The summed E-state index contributed by atoms with van der Waals surface area (Å²) in [6, 6.07) is 12.1. The number of hydrazine groups is 1. The van der Waals surface area contributed by atoms with E-state index in [4.69, 9.17) is 5.84 Å². The second kappa shape index (κ2) is 6.33. The van der Waals surface area contributed by atoms with E-state index < -0.39 is 0 Å². The normalized spacial score (nSPS) is 11.3. The van der Waals surface area contributed by atoms with Crippen LogP contribution >= 0.6 is 11.8 Å². The van der Waals surface area contributed by atoms with Gasteiger partial charge >= 0.3 is 0 Å². The Labute approximate surface area is 133 Å². The molecular formula is C15H18N6S. The number of nitrogens with zero attached hydrogens (tertiary/aromatic N) is 4. The minimum Gasteiger partial charge on any atom is -0.308 e. The number of nitrogens with one attached hydrogen (secondary N) is 1. The van der Waals surface area contributed by atoms with Gasteiger partial charge in [-0.25, -0.2) is 10.8 Å². The van der Waals surface area contributed by atoms with Crippen molar-refractivity contribution in [2.24, 2.45) is 5.84 Å². The number of nitrogens with two attached hydrogens (primary N) is 1. The average molecular weight is 314 g/mol. The lowest BCUT2D eigenvalue weighted by Crippen LogP contribution is -2.13. The molecule has 0 aliphatic heterocycles. The molecule has 22 heavy (non-hydrogen) atoms. The maximum atomic E-state index is 5.59. The SMILES string of the molecule is CC(C)c1cc(NN)n2nc(SCc3ccccc3)nc2n1.